The molecule has 4 rings (SSSR count). The summed E-state index contributed by atoms with van der Waals surface area (Å²) in [5.74, 6) is -2.60. The minimum atomic E-state index is -1.09. The van der Waals surface area contributed by atoms with E-state index in [9.17, 15) is 18.4 Å². The molecule has 2 aromatic carbocycles. The molecule has 1 unspecified atom stereocenters. The van der Waals surface area contributed by atoms with Crippen molar-refractivity contribution in [2.75, 3.05) is 0 Å². The monoisotopic (exact) mass is 424 g/mol. The maximum atomic E-state index is 13.7. The zero-order chi connectivity index (χ0) is 22.1. The fourth-order valence-corrected chi connectivity index (χ4v) is 3.13. The maximum Gasteiger partial charge on any atom is 0.326 e. The average molecular weight is 424 g/mol. The summed E-state index contributed by atoms with van der Waals surface area (Å²) in [5, 5.41) is 2.86. The molecule has 0 spiro atoms. The van der Waals surface area contributed by atoms with Crippen LogP contribution in [0.1, 0.15) is 28.9 Å². The molecule has 2 heterocycles. The highest BCUT2D eigenvalue weighted by atomic mass is 19.2. The van der Waals surface area contributed by atoms with Gasteiger partial charge in [-0.3, -0.25) is 9.36 Å². The first-order valence-corrected chi connectivity index (χ1v) is 9.41. The molecule has 0 aliphatic heterocycles. The Balaban J connectivity index is 1.46. The van der Waals surface area contributed by atoms with Gasteiger partial charge in [-0.2, -0.15) is 4.39 Å². The number of aryl methyl sites for hydroxylation is 1. The van der Waals surface area contributed by atoms with Crippen LogP contribution in [0.5, 0.6) is 11.6 Å². The van der Waals surface area contributed by atoms with Crippen molar-refractivity contribution in [3.05, 3.63) is 88.0 Å². The van der Waals surface area contributed by atoms with Gasteiger partial charge in [0.2, 0.25) is 11.7 Å². The molecule has 31 heavy (non-hydrogen) atoms. The molecule has 9 heteroatoms. The molecular formula is C22H18F2N4O3. The Bertz CT molecular complexity index is 1330. The molecule has 7 nitrogen and oxygen atoms in total. The van der Waals surface area contributed by atoms with Gasteiger partial charge < -0.3 is 15.0 Å². The molecule has 0 radical (unpaired) electrons. The van der Waals surface area contributed by atoms with Gasteiger partial charge in [0.15, 0.2) is 11.6 Å². The molecule has 0 aliphatic rings. The van der Waals surface area contributed by atoms with Gasteiger partial charge in [-0.15, -0.1) is 0 Å². The van der Waals surface area contributed by atoms with Gasteiger partial charge in [0.05, 0.1) is 17.1 Å². The number of nitrogens with zero attached hydrogens (tertiary/aromatic N) is 2. The molecule has 1 atom stereocenters. The van der Waals surface area contributed by atoms with Crippen LogP contribution in [0.4, 0.5) is 8.78 Å². The predicted octanol–water partition coefficient (Wildman–Crippen LogP) is 3.82. The summed E-state index contributed by atoms with van der Waals surface area (Å²) in [6.45, 7) is 1.78. The van der Waals surface area contributed by atoms with Crippen molar-refractivity contribution in [1.29, 1.82) is 0 Å². The first-order valence-electron chi connectivity index (χ1n) is 9.41. The van der Waals surface area contributed by atoms with Crippen molar-refractivity contribution < 1.29 is 18.3 Å². The van der Waals surface area contributed by atoms with E-state index in [1.54, 1.807) is 38.2 Å². The first kappa shape index (κ1) is 20.3. The second kappa shape index (κ2) is 8.02. The number of ether oxygens (including phenoxy) is 1. The van der Waals surface area contributed by atoms with Crippen molar-refractivity contribution >= 4 is 16.9 Å². The lowest BCUT2D eigenvalue weighted by molar-refractivity contribution is 0.0940. The number of pyridine rings is 1. The van der Waals surface area contributed by atoms with Crippen LogP contribution in [-0.2, 0) is 7.05 Å². The largest absolute Gasteiger partial charge is 0.436 e. The normalized spacial score (nSPS) is 12.0. The Morgan fingerprint density at radius 2 is 2.00 bits per heavy atom. The third-order valence-electron chi connectivity index (χ3n) is 4.90. The molecule has 0 aliphatic carbocycles. The zero-order valence-corrected chi connectivity index (χ0v) is 16.6. The number of halogens is 2. The highest BCUT2D eigenvalue weighted by molar-refractivity contribution is 5.97. The third kappa shape index (κ3) is 4.02. The summed E-state index contributed by atoms with van der Waals surface area (Å²) in [6.07, 6.45) is 1.48. The molecular weight excluding hydrogens is 406 g/mol. The van der Waals surface area contributed by atoms with Crippen LogP contribution in [0.25, 0.3) is 11.0 Å². The van der Waals surface area contributed by atoms with Crippen molar-refractivity contribution in [3.8, 4) is 11.6 Å². The summed E-state index contributed by atoms with van der Waals surface area (Å²) >= 11 is 0. The van der Waals surface area contributed by atoms with E-state index in [4.69, 9.17) is 4.74 Å². The number of nitrogens with one attached hydrogen (secondary N) is 2. The van der Waals surface area contributed by atoms with E-state index in [1.807, 2.05) is 0 Å². The van der Waals surface area contributed by atoms with Crippen LogP contribution in [0.3, 0.4) is 0 Å². The van der Waals surface area contributed by atoms with Gasteiger partial charge in [0.1, 0.15) is 0 Å². The molecule has 0 fully saturated rings. The van der Waals surface area contributed by atoms with Gasteiger partial charge in [-0.1, -0.05) is 12.1 Å². The SMILES string of the molecule is CC(NC(=O)c1ccc2c(c1)[nH]c(=O)n2C)c1ccc(Oc2cccc(F)c2F)nc1. The van der Waals surface area contributed by atoms with Crippen LogP contribution in [0.15, 0.2) is 59.5 Å². The fourth-order valence-electron chi connectivity index (χ4n) is 3.13. The smallest absolute Gasteiger partial charge is 0.326 e. The number of carbonyl (C=O) groups is 1. The molecule has 0 saturated heterocycles. The average Bonchev–Trinajstić information content (AvgIpc) is 3.05. The van der Waals surface area contributed by atoms with Crippen molar-refractivity contribution in [3.63, 3.8) is 0 Å². The number of benzene rings is 2. The third-order valence-corrected chi connectivity index (χ3v) is 4.90. The quantitative estimate of drug-likeness (QED) is 0.510. The van der Waals surface area contributed by atoms with E-state index in [2.05, 4.69) is 15.3 Å². The first-order chi connectivity index (χ1) is 14.8. The molecule has 0 bridgehead atoms. The lowest BCUT2D eigenvalue weighted by Crippen LogP contribution is -2.26. The molecule has 2 aromatic heterocycles. The Hall–Kier alpha value is -4.01. The Morgan fingerprint density at radius 3 is 2.74 bits per heavy atom. The number of amides is 1. The van der Waals surface area contributed by atoms with Crippen molar-refractivity contribution in [1.82, 2.24) is 19.9 Å². The number of aromatic amines is 1. The molecule has 1 amide bonds. The number of fused-ring (bicyclic) bond motifs is 1. The summed E-state index contributed by atoms with van der Waals surface area (Å²) in [5.41, 5.74) is 2.10. The standard InChI is InChI=1S/C22H18F2N4O3/c1-12(26-21(29)13-6-8-17-16(10-13)27-22(30)28(17)2)14-7-9-19(25-11-14)31-18-5-3-4-15(23)20(18)24/h3-12H,1-2H3,(H,26,29)(H,27,30). The lowest BCUT2D eigenvalue weighted by Gasteiger charge is -2.15. The second-order valence-corrected chi connectivity index (χ2v) is 7.00. The van der Waals surface area contributed by atoms with Gasteiger partial charge >= 0.3 is 5.69 Å². The fraction of sp³-hybridized carbons (Fsp3) is 0.136. The van der Waals surface area contributed by atoms with E-state index >= 15 is 0 Å². The highest BCUT2D eigenvalue weighted by Gasteiger charge is 2.15. The van der Waals surface area contributed by atoms with Crippen LogP contribution < -0.4 is 15.7 Å². The molecule has 2 N–H and O–H groups in total. The zero-order valence-electron chi connectivity index (χ0n) is 16.6. The van der Waals surface area contributed by atoms with E-state index in [1.165, 1.54) is 29.0 Å². The maximum absolute atomic E-state index is 13.7. The van der Waals surface area contributed by atoms with Crippen LogP contribution in [0.2, 0.25) is 0 Å². The Morgan fingerprint density at radius 1 is 1.19 bits per heavy atom. The van der Waals surface area contributed by atoms with Crippen LogP contribution >= 0.6 is 0 Å². The molecule has 0 saturated carbocycles. The van der Waals surface area contributed by atoms with E-state index in [-0.39, 0.29) is 29.3 Å². The van der Waals surface area contributed by atoms with Crippen LogP contribution in [-0.4, -0.2) is 20.4 Å². The second-order valence-electron chi connectivity index (χ2n) is 7.00. The number of hydrogen-bond donors (Lipinski definition) is 2. The summed E-state index contributed by atoms with van der Waals surface area (Å²) in [4.78, 5) is 31.1. The van der Waals surface area contributed by atoms with Gasteiger partial charge in [0, 0.05) is 24.9 Å². The number of H-pyrrole nitrogens is 1. The number of aromatic nitrogens is 3. The number of imidazole rings is 1. The van der Waals surface area contributed by atoms with E-state index < -0.39 is 11.6 Å². The number of rotatable bonds is 5. The summed E-state index contributed by atoms with van der Waals surface area (Å²) < 4.78 is 33.8. The Labute approximate surface area is 175 Å². The number of carbonyl (C=O) groups excluding carboxylic acids is 1. The molecule has 158 valence electrons. The summed E-state index contributed by atoms with van der Waals surface area (Å²) in [6, 6.07) is 11.4. The van der Waals surface area contributed by atoms with E-state index in [0.717, 1.165) is 6.07 Å². The lowest BCUT2D eigenvalue weighted by atomic mass is 10.1. The summed E-state index contributed by atoms with van der Waals surface area (Å²) in [7, 11) is 1.64. The van der Waals surface area contributed by atoms with Gasteiger partial charge in [0.25, 0.3) is 5.91 Å². The van der Waals surface area contributed by atoms with Crippen LogP contribution in [0, 0.1) is 11.6 Å². The van der Waals surface area contributed by atoms with E-state index in [0.29, 0.717) is 22.2 Å². The molecule has 4 aromatic rings. The highest BCUT2D eigenvalue weighted by Crippen LogP contribution is 2.25. The van der Waals surface area contributed by atoms with Crippen molar-refractivity contribution in [2.24, 2.45) is 7.05 Å². The van der Waals surface area contributed by atoms with Crippen molar-refractivity contribution in [2.45, 2.75) is 13.0 Å². The topological polar surface area (TPSA) is 89.0 Å². The van der Waals surface area contributed by atoms with Gasteiger partial charge in [-0.25, -0.2) is 14.2 Å². The minimum absolute atomic E-state index is 0.0882. The predicted molar refractivity (Wildman–Crippen MR) is 110 cm³/mol. The van der Waals surface area contributed by atoms with Gasteiger partial charge in [-0.05, 0) is 42.8 Å². The number of hydrogen-bond acceptors (Lipinski definition) is 4. The minimum Gasteiger partial charge on any atom is -0.436 e. The Kier molecular flexibility index (Phi) is 5.24.